The third kappa shape index (κ3) is 2.02. The number of carbonyl (C=O) groups is 1. The maximum absolute atomic E-state index is 11.3. The van der Waals surface area contributed by atoms with Crippen LogP contribution in [0.4, 0.5) is 11.4 Å². The van der Waals surface area contributed by atoms with Crippen molar-refractivity contribution < 1.29 is 4.79 Å². The highest BCUT2D eigenvalue weighted by atomic mass is 16.1. The molecule has 5 nitrogen and oxygen atoms in total. The first kappa shape index (κ1) is 11.3. The summed E-state index contributed by atoms with van der Waals surface area (Å²) >= 11 is 0. The normalized spacial score (nSPS) is 19.0. The Kier molecular flexibility index (Phi) is 2.88. The molecular formula is C12H14N4O. The van der Waals surface area contributed by atoms with E-state index >= 15 is 0 Å². The van der Waals surface area contributed by atoms with Crippen molar-refractivity contribution in [2.24, 2.45) is 5.73 Å². The summed E-state index contributed by atoms with van der Waals surface area (Å²) in [4.78, 5) is 13.2. The number of nitrogens with zero attached hydrogens (tertiary/aromatic N) is 2. The number of nitrogens with two attached hydrogens (primary N) is 2. The molecule has 1 saturated heterocycles. The lowest BCUT2D eigenvalue weighted by molar-refractivity contribution is -0.119. The molecule has 0 aliphatic carbocycles. The smallest absolute Gasteiger partial charge is 0.240 e. The molecule has 17 heavy (non-hydrogen) atoms. The van der Waals surface area contributed by atoms with Gasteiger partial charge in [0.2, 0.25) is 5.91 Å². The van der Waals surface area contributed by atoms with E-state index in [1.165, 1.54) is 0 Å². The molecule has 1 fully saturated rings. The van der Waals surface area contributed by atoms with Gasteiger partial charge in [-0.3, -0.25) is 4.79 Å². The Hall–Kier alpha value is -2.22. The molecule has 4 N–H and O–H groups in total. The second-order valence-electron chi connectivity index (χ2n) is 4.14. The molecule has 1 aliphatic heterocycles. The summed E-state index contributed by atoms with van der Waals surface area (Å²) in [5.74, 6) is -0.321. The summed E-state index contributed by atoms with van der Waals surface area (Å²) in [6, 6.07) is 6.97. The molecule has 0 bridgehead atoms. The number of primary amides is 1. The predicted molar refractivity (Wildman–Crippen MR) is 65.1 cm³/mol. The Labute approximate surface area is 99.6 Å². The molecule has 1 unspecified atom stereocenters. The second-order valence-corrected chi connectivity index (χ2v) is 4.14. The van der Waals surface area contributed by atoms with Crippen LogP contribution in [-0.4, -0.2) is 18.5 Å². The van der Waals surface area contributed by atoms with Crippen molar-refractivity contribution in [2.75, 3.05) is 17.2 Å². The van der Waals surface area contributed by atoms with Crippen LogP contribution >= 0.6 is 0 Å². The molecule has 0 radical (unpaired) electrons. The van der Waals surface area contributed by atoms with Crippen molar-refractivity contribution in [1.82, 2.24) is 0 Å². The van der Waals surface area contributed by atoms with Gasteiger partial charge in [-0.1, -0.05) is 0 Å². The van der Waals surface area contributed by atoms with Crippen LogP contribution in [0.25, 0.3) is 0 Å². The van der Waals surface area contributed by atoms with E-state index in [1.54, 1.807) is 12.1 Å². The fraction of sp³-hybridized carbons (Fsp3) is 0.333. The number of nitriles is 1. The van der Waals surface area contributed by atoms with Gasteiger partial charge in [-0.15, -0.1) is 0 Å². The maximum Gasteiger partial charge on any atom is 0.240 e. The quantitative estimate of drug-likeness (QED) is 0.727. The van der Waals surface area contributed by atoms with E-state index in [0.29, 0.717) is 11.3 Å². The number of hydrogen-bond donors (Lipinski definition) is 2. The topological polar surface area (TPSA) is 96.1 Å². The number of nitrogen functional groups attached to an aromatic ring is 1. The average Bonchev–Trinajstić information content (AvgIpc) is 2.78. The third-order valence-corrected chi connectivity index (χ3v) is 3.07. The minimum Gasteiger partial charge on any atom is -0.398 e. The van der Waals surface area contributed by atoms with Crippen LogP contribution in [0.5, 0.6) is 0 Å². The Morgan fingerprint density at radius 2 is 2.29 bits per heavy atom. The van der Waals surface area contributed by atoms with E-state index in [4.69, 9.17) is 16.7 Å². The molecule has 1 atom stereocenters. The summed E-state index contributed by atoms with van der Waals surface area (Å²) in [7, 11) is 0. The third-order valence-electron chi connectivity index (χ3n) is 3.07. The van der Waals surface area contributed by atoms with E-state index in [1.807, 2.05) is 17.0 Å². The Morgan fingerprint density at radius 1 is 1.53 bits per heavy atom. The van der Waals surface area contributed by atoms with Gasteiger partial charge in [0.15, 0.2) is 0 Å². The van der Waals surface area contributed by atoms with Crippen molar-refractivity contribution in [3.8, 4) is 6.07 Å². The zero-order chi connectivity index (χ0) is 12.4. The molecule has 0 saturated carbocycles. The SMILES string of the molecule is N#Cc1cc(N2CCCC2C(N)=O)ccc1N. The van der Waals surface area contributed by atoms with Gasteiger partial charge < -0.3 is 16.4 Å². The molecule has 5 heteroatoms. The molecule has 0 spiro atoms. The number of benzene rings is 1. The van der Waals surface area contributed by atoms with Crippen LogP contribution in [0.15, 0.2) is 18.2 Å². The zero-order valence-electron chi connectivity index (χ0n) is 9.39. The van der Waals surface area contributed by atoms with Crippen molar-refractivity contribution in [3.05, 3.63) is 23.8 Å². The van der Waals surface area contributed by atoms with Crippen molar-refractivity contribution in [3.63, 3.8) is 0 Å². The highest BCUT2D eigenvalue weighted by molar-refractivity contribution is 5.84. The number of amides is 1. The fourth-order valence-corrected chi connectivity index (χ4v) is 2.19. The lowest BCUT2D eigenvalue weighted by atomic mass is 10.1. The Bertz CT molecular complexity index is 492. The van der Waals surface area contributed by atoms with E-state index in [-0.39, 0.29) is 11.9 Å². The first-order chi connectivity index (χ1) is 8.13. The van der Waals surface area contributed by atoms with E-state index < -0.39 is 0 Å². The van der Waals surface area contributed by atoms with Crippen LogP contribution in [0.2, 0.25) is 0 Å². The summed E-state index contributed by atoms with van der Waals surface area (Å²) in [6.45, 7) is 0.780. The molecule has 1 aliphatic rings. The van der Waals surface area contributed by atoms with Gasteiger partial charge in [0.1, 0.15) is 12.1 Å². The van der Waals surface area contributed by atoms with E-state index in [2.05, 4.69) is 0 Å². The summed E-state index contributed by atoms with van der Waals surface area (Å²) < 4.78 is 0. The van der Waals surface area contributed by atoms with Gasteiger partial charge in [0, 0.05) is 17.9 Å². The van der Waals surface area contributed by atoms with E-state index in [0.717, 1.165) is 25.1 Å². The zero-order valence-corrected chi connectivity index (χ0v) is 9.39. The van der Waals surface area contributed by atoms with Gasteiger partial charge in [0.25, 0.3) is 0 Å². The number of hydrogen-bond acceptors (Lipinski definition) is 4. The lowest BCUT2D eigenvalue weighted by Gasteiger charge is -2.24. The first-order valence-electron chi connectivity index (χ1n) is 5.49. The van der Waals surface area contributed by atoms with Crippen LogP contribution in [0.1, 0.15) is 18.4 Å². The largest absolute Gasteiger partial charge is 0.398 e. The molecule has 0 aromatic heterocycles. The number of rotatable bonds is 2. The molecule has 1 aromatic rings. The summed E-state index contributed by atoms with van der Waals surface area (Å²) in [5, 5.41) is 8.92. The molecule has 1 heterocycles. The molecule has 1 aromatic carbocycles. The second kappa shape index (κ2) is 4.34. The minimum atomic E-state index is -0.321. The van der Waals surface area contributed by atoms with Gasteiger partial charge in [0.05, 0.1) is 5.56 Å². The Morgan fingerprint density at radius 3 is 2.94 bits per heavy atom. The van der Waals surface area contributed by atoms with Crippen LogP contribution in [0.3, 0.4) is 0 Å². The first-order valence-corrected chi connectivity index (χ1v) is 5.49. The van der Waals surface area contributed by atoms with Crippen LogP contribution in [-0.2, 0) is 4.79 Å². The average molecular weight is 230 g/mol. The van der Waals surface area contributed by atoms with Gasteiger partial charge >= 0.3 is 0 Å². The highest BCUT2D eigenvalue weighted by Gasteiger charge is 2.29. The van der Waals surface area contributed by atoms with E-state index in [9.17, 15) is 4.79 Å². The van der Waals surface area contributed by atoms with Gasteiger partial charge in [-0.25, -0.2) is 0 Å². The number of carbonyl (C=O) groups excluding carboxylic acids is 1. The molecule has 2 rings (SSSR count). The van der Waals surface area contributed by atoms with Crippen molar-refractivity contribution in [1.29, 1.82) is 5.26 Å². The van der Waals surface area contributed by atoms with Crippen LogP contribution < -0.4 is 16.4 Å². The Balaban J connectivity index is 2.34. The summed E-state index contributed by atoms with van der Waals surface area (Å²) in [6.07, 6.45) is 1.70. The van der Waals surface area contributed by atoms with Crippen molar-refractivity contribution >= 4 is 17.3 Å². The molecule has 88 valence electrons. The number of anilines is 2. The maximum atomic E-state index is 11.3. The lowest BCUT2D eigenvalue weighted by Crippen LogP contribution is -2.40. The minimum absolute atomic E-state index is 0.273. The molecule has 1 amide bonds. The van der Waals surface area contributed by atoms with Crippen LogP contribution in [0, 0.1) is 11.3 Å². The molecular weight excluding hydrogens is 216 g/mol. The summed E-state index contributed by atoms with van der Waals surface area (Å²) in [5.41, 5.74) is 12.7. The van der Waals surface area contributed by atoms with Gasteiger partial charge in [-0.2, -0.15) is 5.26 Å². The monoisotopic (exact) mass is 230 g/mol. The van der Waals surface area contributed by atoms with Crippen molar-refractivity contribution in [2.45, 2.75) is 18.9 Å². The fourth-order valence-electron chi connectivity index (χ4n) is 2.19. The highest BCUT2D eigenvalue weighted by Crippen LogP contribution is 2.27. The predicted octanol–water partition coefficient (Wildman–Crippen LogP) is 0.595. The standard InChI is InChI=1S/C12H14N4O/c13-7-8-6-9(3-4-10(8)14)16-5-1-2-11(16)12(15)17/h3-4,6,11H,1-2,5,14H2,(H2,15,17). The van der Waals surface area contributed by atoms with Gasteiger partial charge in [-0.05, 0) is 31.0 Å².